The van der Waals surface area contributed by atoms with Gasteiger partial charge < -0.3 is 13.9 Å². The third-order valence-corrected chi connectivity index (χ3v) is 13.7. The molecular weight excluding hydrogens is 773 g/mol. The number of furan rings is 1. The van der Waals surface area contributed by atoms with E-state index in [4.69, 9.17) is 4.42 Å². The summed E-state index contributed by atoms with van der Waals surface area (Å²) in [5, 5.41) is 9.68. The Morgan fingerprint density at radius 2 is 1.03 bits per heavy atom. The highest BCUT2D eigenvalue weighted by molar-refractivity contribution is 7.25. The van der Waals surface area contributed by atoms with Crippen molar-refractivity contribution in [2.45, 2.75) is 0 Å². The standard InChI is InChI=1S/C58H36N2OS/c1-2-13-39-32-44(30-26-37(39)12-1)59(42-28-24-38(25-29-42)40-27-31-57-51(34-40)49-19-6-10-23-56(49)62-57)45-35-50(58-52(36-45)48-18-5-9-22-55(48)61-58)41-14-11-15-43(33-41)60-53-20-7-3-16-46(53)47-17-4-8-21-54(47)60/h1-36H. The van der Waals surface area contributed by atoms with Gasteiger partial charge in [-0.05, 0) is 112 Å². The van der Waals surface area contributed by atoms with E-state index < -0.39 is 0 Å². The van der Waals surface area contributed by atoms with Crippen LogP contribution in [-0.4, -0.2) is 4.57 Å². The van der Waals surface area contributed by atoms with Crippen molar-refractivity contribution in [3.8, 4) is 27.9 Å². The molecule has 0 unspecified atom stereocenters. The fraction of sp³-hybridized carbons (Fsp3) is 0. The van der Waals surface area contributed by atoms with Gasteiger partial charge in [-0.2, -0.15) is 0 Å². The molecule has 0 fully saturated rings. The van der Waals surface area contributed by atoms with E-state index in [1.807, 2.05) is 11.3 Å². The van der Waals surface area contributed by atoms with Crippen LogP contribution in [0.15, 0.2) is 223 Å². The molecule has 0 aliphatic heterocycles. The van der Waals surface area contributed by atoms with Crippen LogP contribution in [0, 0.1) is 0 Å². The molecule has 0 bridgehead atoms. The van der Waals surface area contributed by atoms with E-state index in [1.54, 1.807) is 0 Å². The van der Waals surface area contributed by atoms with Crippen molar-refractivity contribution >= 4 is 103 Å². The van der Waals surface area contributed by atoms with Crippen molar-refractivity contribution in [1.29, 1.82) is 0 Å². The maximum Gasteiger partial charge on any atom is 0.143 e. The van der Waals surface area contributed by atoms with Crippen LogP contribution in [0.1, 0.15) is 0 Å². The number of benzene rings is 10. The van der Waals surface area contributed by atoms with Crippen LogP contribution in [0.2, 0.25) is 0 Å². The molecule has 0 saturated carbocycles. The molecule has 0 saturated heterocycles. The Kier molecular flexibility index (Phi) is 7.78. The van der Waals surface area contributed by atoms with E-state index in [0.29, 0.717) is 0 Å². The number of hydrogen-bond acceptors (Lipinski definition) is 3. The molecule has 0 N–H and O–H groups in total. The minimum absolute atomic E-state index is 0.872. The predicted octanol–water partition coefficient (Wildman–Crippen LogP) is 17.0. The van der Waals surface area contributed by atoms with E-state index in [2.05, 4.69) is 228 Å². The number of anilines is 3. The van der Waals surface area contributed by atoms with E-state index in [9.17, 15) is 0 Å². The van der Waals surface area contributed by atoms with Gasteiger partial charge in [0.05, 0.1) is 11.0 Å². The average molecular weight is 809 g/mol. The maximum absolute atomic E-state index is 6.80. The van der Waals surface area contributed by atoms with Crippen LogP contribution < -0.4 is 4.90 Å². The van der Waals surface area contributed by atoms with Crippen molar-refractivity contribution in [3.05, 3.63) is 218 Å². The third kappa shape index (κ3) is 5.51. The molecule has 62 heavy (non-hydrogen) atoms. The van der Waals surface area contributed by atoms with Crippen molar-refractivity contribution < 1.29 is 4.42 Å². The molecule has 0 aliphatic carbocycles. The monoisotopic (exact) mass is 808 g/mol. The van der Waals surface area contributed by atoms with Crippen LogP contribution in [0.5, 0.6) is 0 Å². The van der Waals surface area contributed by atoms with Crippen LogP contribution in [0.3, 0.4) is 0 Å². The lowest BCUT2D eigenvalue weighted by Gasteiger charge is -2.27. The third-order valence-electron chi connectivity index (χ3n) is 12.5. The lowest BCUT2D eigenvalue weighted by atomic mass is 9.99. The Bertz CT molecular complexity index is 3830. The van der Waals surface area contributed by atoms with Crippen molar-refractivity contribution in [2.75, 3.05) is 4.90 Å². The van der Waals surface area contributed by atoms with Crippen molar-refractivity contribution in [2.24, 2.45) is 0 Å². The van der Waals surface area contributed by atoms with Gasteiger partial charge in [0.15, 0.2) is 0 Å². The molecule has 0 amide bonds. The minimum atomic E-state index is 0.872. The van der Waals surface area contributed by atoms with Gasteiger partial charge in [-0.3, -0.25) is 0 Å². The molecule has 3 nitrogen and oxygen atoms in total. The van der Waals surface area contributed by atoms with Gasteiger partial charge in [0.25, 0.3) is 0 Å². The predicted molar refractivity (Wildman–Crippen MR) is 264 cm³/mol. The summed E-state index contributed by atoms with van der Waals surface area (Å²) in [6.07, 6.45) is 0. The molecule has 0 atom stereocenters. The normalized spacial score (nSPS) is 11.9. The molecule has 0 radical (unpaired) electrons. The summed E-state index contributed by atoms with van der Waals surface area (Å²) >= 11 is 1.86. The first-order valence-corrected chi connectivity index (χ1v) is 21.9. The second-order valence-corrected chi connectivity index (χ2v) is 17.2. The van der Waals surface area contributed by atoms with E-state index in [-0.39, 0.29) is 0 Å². The zero-order valence-corrected chi connectivity index (χ0v) is 34.3. The summed E-state index contributed by atoms with van der Waals surface area (Å²) in [7, 11) is 0. The fourth-order valence-electron chi connectivity index (χ4n) is 9.64. The summed E-state index contributed by atoms with van der Waals surface area (Å²) in [6, 6.07) is 79.3. The van der Waals surface area contributed by atoms with Crippen LogP contribution in [-0.2, 0) is 0 Å². The van der Waals surface area contributed by atoms with E-state index in [1.165, 1.54) is 63.9 Å². The Hall–Kier alpha value is -7.92. The second kappa shape index (κ2) is 13.8. The topological polar surface area (TPSA) is 21.3 Å². The molecule has 290 valence electrons. The number of fused-ring (bicyclic) bond motifs is 10. The highest BCUT2D eigenvalue weighted by Crippen LogP contribution is 2.45. The molecule has 0 spiro atoms. The first-order chi connectivity index (χ1) is 30.7. The Labute approximate surface area is 361 Å². The first-order valence-electron chi connectivity index (χ1n) is 21.1. The molecule has 4 heteroatoms. The molecule has 13 aromatic rings. The number of thiophene rings is 1. The van der Waals surface area contributed by atoms with Crippen LogP contribution in [0.4, 0.5) is 17.1 Å². The summed E-state index contributed by atoms with van der Waals surface area (Å²) in [5.41, 5.74) is 12.9. The first kappa shape index (κ1) is 34.9. The minimum Gasteiger partial charge on any atom is -0.455 e. The molecule has 3 aromatic heterocycles. The van der Waals surface area contributed by atoms with Crippen LogP contribution in [0.25, 0.3) is 103 Å². The molecule has 10 aromatic carbocycles. The Balaban J connectivity index is 1.01. The summed E-state index contributed by atoms with van der Waals surface area (Å²) in [6.45, 7) is 0. The van der Waals surface area contributed by atoms with Crippen molar-refractivity contribution in [1.82, 2.24) is 4.57 Å². The highest BCUT2D eigenvalue weighted by Gasteiger charge is 2.21. The van der Waals surface area contributed by atoms with Gasteiger partial charge in [0.1, 0.15) is 11.2 Å². The van der Waals surface area contributed by atoms with Gasteiger partial charge in [-0.1, -0.05) is 133 Å². The lowest BCUT2D eigenvalue weighted by Crippen LogP contribution is -2.10. The van der Waals surface area contributed by atoms with Gasteiger partial charge in [0, 0.05) is 70.0 Å². The Morgan fingerprint density at radius 3 is 1.85 bits per heavy atom. The Morgan fingerprint density at radius 1 is 0.371 bits per heavy atom. The number of nitrogens with zero attached hydrogens (tertiary/aromatic N) is 2. The van der Waals surface area contributed by atoms with Crippen LogP contribution >= 0.6 is 11.3 Å². The van der Waals surface area contributed by atoms with Gasteiger partial charge in [-0.25, -0.2) is 0 Å². The number of rotatable bonds is 6. The largest absolute Gasteiger partial charge is 0.455 e. The molecule has 13 rings (SSSR count). The molecule has 3 heterocycles. The summed E-state index contributed by atoms with van der Waals surface area (Å²) in [4.78, 5) is 2.40. The smallest absolute Gasteiger partial charge is 0.143 e. The van der Waals surface area contributed by atoms with E-state index in [0.717, 1.165) is 55.8 Å². The summed E-state index contributed by atoms with van der Waals surface area (Å²) in [5.74, 6) is 0. The lowest BCUT2D eigenvalue weighted by molar-refractivity contribution is 0.670. The number of aromatic nitrogens is 1. The number of hydrogen-bond donors (Lipinski definition) is 0. The van der Waals surface area contributed by atoms with Gasteiger partial charge >= 0.3 is 0 Å². The SMILES string of the molecule is c1cc(-c2cc(N(c3ccc(-c4ccc5sc6ccccc6c5c4)cc3)c3ccc4ccccc4c3)cc3c2oc2ccccc23)cc(-n2c3ccccc3c3ccccc32)c1. The zero-order valence-electron chi connectivity index (χ0n) is 33.5. The van der Waals surface area contributed by atoms with Gasteiger partial charge in [0.2, 0.25) is 0 Å². The van der Waals surface area contributed by atoms with E-state index >= 15 is 0 Å². The van der Waals surface area contributed by atoms with Gasteiger partial charge in [-0.15, -0.1) is 11.3 Å². The number of para-hydroxylation sites is 3. The molecule has 0 aliphatic rings. The quantitative estimate of drug-likeness (QED) is 0.167. The average Bonchev–Trinajstić information content (AvgIpc) is 4.01. The second-order valence-electron chi connectivity index (χ2n) is 16.1. The summed E-state index contributed by atoms with van der Waals surface area (Å²) < 4.78 is 11.8. The maximum atomic E-state index is 6.80. The van der Waals surface area contributed by atoms with Crippen molar-refractivity contribution in [3.63, 3.8) is 0 Å². The zero-order chi connectivity index (χ0) is 40.7. The fourth-order valence-corrected chi connectivity index (χ4v) is 10.7. The molecular formula is C58H36N2OS. The highest BCUT2D eigenvalue weighted by atomic mass is 32.1.